The second kappa shape index (κ2) is 11.8. The van der Waals surface area contributed by atoms with E-state index in [0.29, 0.717) is 35.8 Å². The summed E-state index contributed by atoms with van der Waals surface area (Å²) in [5.41, 5.74) is 6.82. The quantitative estimate of drug-likeness (QED) is 0.400. The summed E-state index contributed by atoms with van der Waals surface area (Å²) in [7, 11) is -0.861. The number of hydrogen-bond acceptors (Lipinski definition) is 7. The van der Waals surface area contributed by atoms with Crippen molar-refractivity contribution in [2.45, 2.75) is 37.6 Å². The molecule has 0 aliphatic carbocycles. The van der Waals surface area contributed by atoms with Gasteiger partial charge in [-0.1, -0.05) is 19.4 Å². The molecule has 0 amide bonds. The first kappa shape index (κ1) is 24.8. The lowest BCUT2D eigenvalue weighted by Crippen LogP contribution is -2.25. The van der Waals surface area contributed by atoms with Crippen LogP contribution in [-0.2, 0) is 16.6 Å². The number of aliphatic hydroxyl groups is 1. The van der Waals surface area contributed by atoms with E-state index in [1.165, 1.54) is 13.2 Å². The molecule has 31 heavy (non-hydrogen) atoms. The van der Waals surface area contributed by atoms with Crippen LogP contribution in [0.15, 0.2) is 41.3 Å². The molecule has 0 aliphatic heterocycles. The Kier molecular flexibility index (Phi) is 9.42. The van der Waals surface area contributed by atoms with Gasteiger partial charge < -0.3 is 25.1 Å². The van der Waals surface area contributed by atoms with Crippen molar-refractivity contribution in [2.24, 2.45) is 5.92 Å². The summed E-state index contributed by atoms with van der Waals surface area (Å²) in [5, 5.41) is 9.24. The number of hydrogen-bond donors (Lipinski definition) is 3. The highest BCUT2D eigenvalue weighted by molar-refractivity contribution is 7.89. The van der Waals surface area contributed by atoms with E-state index in [4.69, 9.17) is 19.9 Å². The van der Waals surface area contributed by atoms with Crippen molar-refractivity contribution in [3.63, 3.8) is 0 Å². The van der Waals surface area contributed by atoms with Gasteiger partial charge in [0, 0.05) is 30.5 Å². The van der Waals surface area contributed by atoms with Crippen molar-refractivity contribution in [3.8, 4) is 17.2 Å². The molecule has 0 heterocycles. The molecule has 9 heteroatoms. The highest BCUT2D eigenvalue weighted by Crippen LogP contribution is 2.29. The molecule has 0 fully saturated rings. The third kappa shape index (κ3) is 7.02. The van der Waals surface area contributed by atoms with Gasteiger partial charge in [0.15, 0.2) is 0 Å². The minimum atomic E-state index is -3.92. The number of nitrogens with two attached hydrogens (primary N) is 1. The van der Waals surface area contributed by atoms with Gasteiger partial charge in [0.2, 0.25) is 10.0 Å². The molecule has 0 saturated carbocycles. The molecule has 1 atom stereocenters. The van der Waals surface area contributed by atoms with Crippen molar-refractivity contribution in [1.29, 1.82) is 0 Å². The van der Waals surface area contributed by atoms with Crippen molar-refractivity contribution in [2.75, 3.05) is 33.2 Å². The molecule has 0 aliphatic rings. The van der Waals surface area contributed by atoms with Crippen LogP contribution in [-0.4, -0.2) is 41.0 Å². The average molecular weight is 453 g/mol. The van der Waals surface area contributed by atoms with Crippen LogP contribution < -0.4 is 24.7 Å². The Morgan fingerprint density at radius 3 is 2.48 bits per heavy atom. The van der Waals surface area contributed by atoms with Gasteiger partial charge in [-0.05, 0) is 43.0 Å². The minimum Gasteiger partial charge on any atom is -0.497 e. The van der Waals surface area contributed by atoms with Crippen molar-refractivity contribution < 1.29 is 27.7 Å². The number of aliphatic hydroxyl groups excluding tert-OH is 1. The maximum atomic E-state index is 13.0. The summed E-state index contributed by atoms with van der Waals surface area (Å²) in [6.45, 7) is 2.45. The molecular formula is C22H32N2O6S. The van der Waals surface area contributed by atoms with Crippen molar-refractivity contribution >= 4 is 15.7 Å². The number of nitrogens with one attached hydrogen (secondary N) is 1. The van der Waals surface area contributed by atoms with Crippen LogP contribution in [0.25, 0.3) is 0 Å². The van der Waals surface area contributed by atoms with Crippen LogP contribution >= 0.6 is 0 Å². The summed E-state index contributed by atoms with van der Waals surface area (Å²) in [5.74, 6) is 1.49. The lowest BCUT2D eigenvalue weighted by Gasteiger charge is -2.18. The maximum absolute atomic E-state index is 13.0. The van der Waals surface area contributed by atoms with E-state index in [1.54, 1.807) is 37.4 Å². The van der Waals surface area contributed by atoms with Gasteiger partial charge >= 0.3 is 0 Å². The monoisotopic (exact) mass is 452 g/mol. The Labute approximate surface area is 184 Å². The van der Waals surface area contributed by atoms with Crippen LogP contribution in [0.2, 0.25) is 0 Å². The van der Waals surface area contributed by atoms with Crippen LogP contribution in [0.3, 0.4) is 0 Å². The summed E-state index contributed by atoms with van der Waals surface area (Å²) in [6.07, 6.45) is 2.43. The summed E-state index contributed by atoms with van der Waals surface area (Å²) in [4.78, 5) is -0.0285. The van der Waals surface area contributed by atoms with Gasteiger partial charge in [-0.2, -0.15) is 0 Å². The van der Waals surface area contributed by atoms with Gasteiger partial charge in [-0.25, -0.2) is 13.1 Å². The molecule has 0 bridgehead atoms. The highest BCUT2D eigenvalue weighted by Gasteiger charge is 2.22. The molecule has 0 radical (unpaired) electrons. The molecule has 0 aromatic heterocycles. The largest absolute Gasteiger partial charge is 0.497 e. The molecule has 0 spiro atoms. The van der Waals surface area contributed by atoms with E-state index in [2.05, 4.69) is 11.6 Å². The van der Waals surface area contributed by atoms with Gasteiger partial charge in [-0.3, -0.25) is 0 Å². The summed E-state index contributed by atoms with van der Waals surface area (Å²) >= 11 is 0. The third-order valence-electron chi connectivity index (χ3n) is 4.91. The van der Waals surface area contributed by atoms with Crippen LogP contribution in [0.1, 0.15) is 31.7 Å². The van der Waals surface area contributed by atoms with Crippen LogP contribution in [0.5, 0.6) is 17.2 Å². The Morgan fingerprint density at radius 2 is 1.84 bits per heavy atom. The van der Waals surface area contributed by atoms with Crippen LogP contribution in [0.4, 0.5) is 5.69 Å². The smallest absolute Gasteiger partial charge is 0.244 e. The maximum Gasteiger partial charge on any atom is 0.244 e. The fourth-order valence-corrected chi connectivity index (χ4v) is 4.40. The third-order valence-corrected chi connectivity index (χ3v) is 6.34. The lowest BCUT2D eigenvalue weighted by molar-refractivity contribution is 0.188. The fraction of sp³-hybridized carbons (Fsp3) is 0.455. The Balaban J connectivity index is 2.21. The lowest BCUT2D eigenvalue weighted by atomic mass is 10.0. The molecule has 0 saturated heterocycles. The van der Waals surface area contributed by atoms with Crippen molar-refractivity contribution in [3.05, 3.63) is 42.0 Å². The molecule has 2 aromatic carbocycles. The first-order chi connectivity index (χ1) is 14.8. The summed E-state index contributed by atoms with van der Waals surface area (Å²) in [6, 6.07) is 9.69. The first-order valence-corrected chi connectivity index (χ1v) is 11.7. The standard InChI is InChI=1S/C22H32N2O6S/c1-4-5-16(10-11-25)15-30-20-9-7-18(23)12-22(20)31(26,27)24-14-17-6-8-19(28-2)13-21(17)29-3/h6-9,12-13,16,24-25H,4-5,10-11,14-15,23H2,1-3H3. The second-order valence-electron chi connectivity index (χ2n) is 7.19. The number of ether oxygens (including phenoxy) is 3. The van der Waals surface area contributed by atoms with E-state index < -0.39 is 10.0 Å². The van der Waals surface area contributed by atoms with Gasteiger partial charge in [-0.15, -0.1) is 0 Å². The zero-order valence-corrected chi connectivity index (χ0v) is 19.1. The number of anilines is 1. The highest BCUT2D eigenvalue weighted by atomic mass is 32.2. The van der Waals surface area contributed by atoms with E-state index in [-0.39, 0.29) is 29.7 Å². The predicted molar refractivity (Wildman–Crippen MR) is 120 cm³/mol. The SMILES string of the molecule is CCCC(CCO)COc1ccc(N)cc1S(=O)(=O)NCc1ccc(OC)cc1OC. The van der Waals surface area contributed by atoms with Crippen molar-refractivity contribution in [1.82, 2.24) is 4.72 Å². The second-order valence-corrected chi connectivity index (χ2v) is 8.92. The van der Waals surface area contributed by atoms with E-state index >= 15 is 0 Å². The average Bonchev–Trinajstić information content (AvgIpc) is 2.76. The zero-order valence-electron chi connectivity index (χ0n) is 18.3. The van der Waals surface area contributed by atoms with E-state index in [1.807, 2.05) is 0 Å². The van der Waals surface area contributed by atoms with Crippen LogP contribution in [0, 0.1) is 5.92 Å². The molecule has 1 unspecified atom stereocenters. The summed E-state index contributed by atoms with van der Waals surface area (Å²) < 4.78 is 45.0. The molecular weight excluding hydrogens is 420 g/mol. The minimum absolute atomic E-state index is 0.0205. The molecule has 4 N–H and O–H groups in total. The van der Waals surface area contributed by atoms with Gasteiger partial charge in [0.25, 0.3) is 0 Å². The molecule has 172 valence electrons. The number of rotatable bonds is 13. The number of sulfonamides is 1. The van der Waals surface area contributed by atoms with Gasteiger partial charge in [0.1, 0.15) is 22.1 Å². The van der Waals surface area contributed by atoms with E-state index in [9.17, 15) is 13.5 Å². The number of methoxy groups -OCH3 is 2. The Hall–Kier alpha value is -2.49. The fourth-order valence-electron chi connectivity index (χ4n) is 3.21. The topological polar surface area (TPSA) is 120 Å². The first-order valence-electron chi connectivity index (χ1n) is 10.2. The Bertz CT molecular complexity index is 943. The molecule has 2 aromatic rings. The number of nitrogen functional groups attached to an aromatic ring is 1. The normalized spacial score (nSPS) is 12.4. The molecule has 8 nitrogen and oxygen atoms in total. The van der Waals surface area contributed by atoms with E-state index in [0.717, 1.165) is 12.8 Å². The Morgan fingerprint density at radius 1 is 1.06 bits per heavy atom. The van der Waals surface area contributed by atoms with Gasteiger partial charge in [0.05, 0.1) is 20.8 Å². The molecule has 2 rings (SSSR count). The predicted octanol–water partition coefficient (Wildman–Crippen LogP) is 2.94. The zero-order chi connectivity index (χ0) is 22.9. The number of benzene rings is 2.